The molecule has 1 aliphatic rings. The maximum absolute atomic E-state index is 13.1. The highest BCUT2D eigenvalue weighted by atomic mass is 32.1. The quantitative estimate of drug-likeness (QED) is 0.909. The van der Waals surface area contributed by atoms with Gasteiger partial charge in [0.2, 0.25) is 0 Å². The fraction of sp³-hybridized carbons (Fsp3) is 0.375. The van der Waals surface area contributed by atoms with Crippen LogP contribution in [0.25, 0.3) is 0 Å². The number of rotatable bonds is 5. The molecule has 1 N–H and O–H groups in total. The molecule has 3 rings (SSSR count). The summed E-state index contributed by atoms with van der Waals surface area (Å²) < 4.78 is 18.9. The first-order valence-electron chi connectivity index (χ1n) is 6.98. The molecule has 20 heavy (non-hydrogen) atoms. The zero-order valence-electron chi connectivity index (χ0n) is 11.5. The maximum Gasteiger partial charge on any atom is 0.123 e. The Kier molecular flexibility index (Phi) is 4.03. The van der Waals surface area contributed by atoms with Gasteiger partial charge in [0.05, 0.1) is 0 Å². The third-order valence-corrected chi connectivity index (χ3v) is 4.73. The normalized spacial score (nSPS) is 17.0. The predicted molar refractivity (Wildman–Crippen MR) is 79.9 cm³/mol. The summed E-state index contributed by atoms with van der Waals surface area (Å²) in [5.74, 6) is 0.634. The molecule has 0 fully saturated rings. The number of hydrogen-bond donors (Lipinski definition) is 1. The summed E-state index contributed by atoms with van der Waals surface area (Å²) >= 11 is 1.85. The SMILES string of the molecule is CCc1ccc(CNCC2Cc3cc(F)ccc3O2)s1. The van der Waals surface area contributed by atoms with Crippen LogP contribution >= 0.6 is 11.3 Å². The minimum Gasteiger partial charge on any atom is -0.488 e. The van der Waals surface area contributed by atoms with E-state index in [-0.39, 0.29) is 11.9 Å². The third kappa shape index (κ3) is 3.02. The second-order valence-corrected chi connectivity index (χ2v) is 6.30. The van der Waals surface area contributed by atoms with Crippen LogP contribution in [0.3, 0.4) is 0 Å². The molecule has 1 unspecified atom stereocenters. The molecule has 2 heterocycles. The van der Waals surface area contributed by atoms with Gasteiger partial charge in [-0.1, -0.05) is 6.92 Å². The van der Waals surface area contributed by atoms with Crippen molar-refractivity contribution < 1.29 is 9.13 Å². The van der Waals surface area contributed by atoms with Gasteiger partial charge in [-0.2, -0.15) is 0 Å². The molecule has 4 heteroatoms. The van der Waals surface area contributed by atoms with Crippen molar-refractivity contribution in [3.05, 3.63) is 51.5 Å². The van der Waals surface area contributed by atoms with Gasteiger partial charge in [-0.3, -0.25) is 0 Å². The minimum absolute atomic E-state index is 0.109. The lowest BCUT2D eigenvalue weighted by Gasteiger charge is -2.11. The Morgan fingerprint density at radius 1 is 1.30 bits per heavy atom. The Balaban J connectivity index is 1.49. The molecule has 1 atom stereocenters. The summed E-state index contributed by atoms with van der Waals surface area (Å²) in [6.45, 7) is 3.83. The van der Waals surface area contributed by atoms with Crippen LogP contribution in [0.2, 0.25) is 0 Å². The molecule has 0 aliphatic carbocycles. The second kappa shape index (κ2) is 5.94. The lowest BCUT2D eigenvalue weighted by molar-refractivity contribution is 0.227. The lowest BCUT2D eigenvalue weighted by Crippen LogP contribution is -2.29. The number of ether oxygens (including phenoxy) is 1. The van der Waals surface area contributed by atoms with Crippen molar-refractivity contribution in [3.8, 4) is 5.75 Å². The second-order valence-electron chi connectivity index (χ2n) is 5.05. The van der Waals surface area contributed by atoms with Crippen LogP contribution in [0, 0.1) is 5.82 Å². The maximum atomic E-state index is 13.1. The van der Waals surface area contributed by atoms with Crippen LogP contribution in [0.5, 0.6) is 5.75 Å². The first-order chi connectivity index (χ1) is 9.74. The Labute approximate surface area is 122 Å². The largest absolute Gasteiger partial charge is 0.488 e. The van der Waals surface area contributed by atoms with Crippen molar-refractivity contribution in [2.45, 2.75) is 32.4 Å². The van der Waals surface area contributed by atoms with E-state index in [1.165, 1.54) is 15.8 Å². The standard InChI is InChI=1S/C16H18FNOS/c1-2-14-4-5-15(20-14)10-18-9-13-8-11-7-12(17)3-6-16(11)19-13/h3-7,13,18H,2,8-10H2,1H3. The molecule has 0 saturated carbocycles. The fourth-order valence-electron chi connectivity index (χ4n) is 2.47. The highest BCUT2D eigenvalue weighted by molar-refractivity contribution is 7.11. The van der Waals surface area contributed by atoms with E-state index >= 15 is 0 Å². The molecule has 1 aromatic heterocycles. The molecule has 0 saturated heterocycles. The summed E-state index contributed by atoms with van der Waals surface area (Å²) in [4.78, 5) is 2.77. The third-order valence-electron chi connectivity index (χ3n) is 3.50. The molecule has 1 aromatic carbocycles. The topological polar surface area (TPSA) is 21.3 Å². The van der Waals surface area contributed by atoms with Gasteiger partial charge in [0.25, 0.3) is 0 Å². The summed E-state index contributed by atoms with van der Waals surface area (Å²) in [7, 11) is 0. The summed E-state index contributed by atoms with van der Waals surface area (Å²) in [5, 5.41) is 3.42. The Morgan fingerprint density at radius 3 is 2.95 bits per heavy atom. The van der Waals surface area contributed by atoms with Crippen molar-refractivity contribution in [1.82, 2.24) is 5.32 Å². The van der Waals surface area contributed by atoms with E-state index in [1.807, 2.05) is 11.3 Å². The molecular formula is C16H18FNOS. The van der Waals surface area contributed by atoms with E-state index in [1.54, 1.807) is 12.1 Å². The number of aryl methyl sites for hydroxylation is 1. The molecule has 0 spiro atoms. The van der Waals surface area contributed by atoms with Crippen LogP contribution in [0.1, 0.15) is 22.2 Å². The summed E-state index contributed by atoms with van der Waals surface area (Å²) in [6, 6.07) is 9.11. The smallest absolute Gasteiger partial charge is 0.123 e. The van der Waals surface area contributed by atoms with E-state index in [0.29, 0.717) is 0 Å². The Morgan fingerprint density at radius 2 is 2.15 bits per heavy atom. The lowest BCUT2D eigenvalue weighted by atomic mass is 10.1. The van der Waals surface area contributed by atoms with Gasteiger partial charge in [0.1, 0.15) is 17.7 Å². The zero-order chi connectivity index (χ0) is 13.9. The van der Waals surface area contributed by atoms with Gasteiger partial charge in [-0.15, -0.1) is 11.3 Å². The van der Waals surface area contributed by atoms with E-state index in [9.17, 15) is 4.39 Å². The van der Waals surface area contributed by atoms with Crippen LogP contribution in [-0.2, 0) is 19.4 Å². The monoisotopic (exact) mass is 291 g/mol. The highest BCUT2D eigenvalue weighted by Gasteiger charge is 2.22. The number of benzene rings is 1. The zero-order valence-corrected chi connectivity index (χ0v) is 12.3. The molecule has 2 aromatic rings. The number of halogens is 1. The van der Waals surface area contributed by atoms with Crippen LogP contribution in [0.4, 0.5) is 4.39 Å². The van der Waals surface area contributed by atoms with Crippen LogP contribution in [0.15, 0.2) is 30.3 Å². The van der Waals surface area contributed by atoms with Gasteiger partial charge in [0, 0.05) is 34.8 Å². The molecule has 1 aliphatic heterocycles. The van der Waals surface area contributed by atoms with Crippen LogP contribution < -0.4 is 10.1 Å². The number of nitrogens with one attached hydrogen (secondary N) is 1. The molecular weight excluding hydrogens is 273 g/mol. The van der Waals surface area contributed by atoms with Gasteiger partial charge in [0.15, 0.2) is 0 Å². The van der Waals surface area contributed by atoms with Crippen molar-refractivity contribution in [3.63, 3.8) is 0 Å². The van der Waals surface area contributed by atoms with E-state index in [4.69, 9.17) is 4.74 Å². The van der Waals surface area contributed by atoms with Gasteiger partial charge >= 0.3 is 0 Å². The van der Waals surface area contributed by atoms with Crippen molar-refractivity contribution in [1.29, 1.82) is 0 Å². The molecule has 106 valence electrons. The molecule has 0 amide bonds. The average molecular weight is 291 g/mol. The molecule has 2 nitrogen and oxygen atoms in total. The average Bonchev–Trinajstić information content (AvgIpc) is 3.04. The van der Waals surface area contributed by atoms with E-state index < -0.39 is 0 Å². The Hall–Kier alpha value is -1.39. The first kappa shape index (κ1) is 13.6. The molecule has 0 radical (unpaired) electrons. The summed E-state index contributed by atoms with van der Waals surface area (Å²) in [6.07, 6.45) is 1.99. The van der Waals surface area contributed by atoms with Crippen molar-refractivity contribution >= 4 is 11.3 Å². The highest BCUT2D eigenvalue weighted by Crippen LogP contribution is 2.29. The van der Waals surface area contributed by atoms with Gasteiger partial charge in [-0.05, 0) is 36.8 Å². The summed E-state index contributed by atoms with van der Waals surface area (Å²) in [5.41, 5.74) is 0.973. The first-order valence-corrected chi connectivity index (χ1v) is 7.79. The minimum atomic E-state index is -0.188. The number of fused-ring (bicyclic) bond motifs is 1. The van der Waals surface area contributed by atoms with Crippen LogP contribution in [-0.4, -0.2) is 12.6 Å². The number of hydrogen-bond acceptors (Lipinski definition) is 3. The van der Waals surface area contributed by atoms with Gasteiger partial charge < -0.3 is 10.1 Å². The number of thiophene rings is 1. The van der Waals surface area contributed by atoms with E-state index in [2.05, 4.69) is 24.4 Å². The van der Waals surface area contributed by atoms with E-state index in [0.717, 1.165) is 37.2 Å². The Bertz CT molecular complexity index is 596. The molecule has 0 bridgehead atoms. The van der Waals surface area contributed by atoms with Crippen molar-refractivity contribution in [2.24, 2.45) is 0 Å². The van der Waals surface area contributed by atoms with Crippen molar-refractivity contribution in [2.75, 3.05) is 6.54 Å². The fourth-order valence-corrected chi connectivity index (χ4v) is 3.39. The van der Waals surface area contributed by atoms with Gasteiger partial charge in [-0.25, -0.2) is 4.39 Å². The predicted octanol–water partition coefficient (Wildman–Crippen LogP) is 3.54.